The molecule has 0 heterocycles. The van der Waals surface area contributed by atoms with Crippen LogP contribution in [-0.4, -0.2) is 11.8 Å². The lowest BCUT2D eigenvalue weighted by atomic mass is 9.88. The van der Waals surface area contributed by atoms with Crippen LogP contribution < -0.4 is 0 Å². The minimum Gasteiger partial charge on any atom is -0.425 e. The second kappa shape index (κ2) is 6.68. The Morgan fingerprint density at radius 3 is 1.57 bits per heavy atom. The van der Waals surface area contributed by atoms with E-state index in [0.717, 1.165) is 38.5 Å². The van der Waals surface area contributed by atoms with Gasteiger partial charge in [-0.3, -0.25) is 0 Å². The Balaban J connectivity index is 4.45. The Hall–Kier alpha value is -0.730. The Kier molecular flexibility index (Phi) is 6.34. The predicted octanol–water partition coefficient (Wildman–Crippen LogP) is 3.69. The molecule has 0 saturated carbocycles. The van der Waals surface area contributed by atoms with Crippen molar-refractivity contribution in [2.45, 2.75) is 64.9 Å². The van der Waals surface area contributed by atoms with Crippen molar-refractivity contribution in [1.29, 1.82) is 0 Å². The summed E-state index contributed by atoms with van der Waals surface area (Å²) < 4.78 is 4.96. The van der Waals surface area contributed by atoms with Crippen LogP contribution in [0.2, 0.25) is 0 Å². The average Bonchev–Trinajstić information content (AvgIpc) is 2.03. The van der Waals surface area contributed by atoms with Crippen molar-refractivity contribution >= 4 is 6.16 Å². The number of carbonyl (C=O) groups is 1. The van der Waals surface area contributed by atoms with Crippen LogP contribution in [0.1, 0.15) is 59.3 Å². The highest BCUT2D eigenvalue weighted by Gasteiger charge is 2.32. The van der Waals surface area contributed by atoms with Gasteiger partial charge in [0.15, 0.2) is 0 Å². The Bertz CT molecular complexity index is 149. The summed E-state index contributed by atoms with van der Waals surface area (Å²) in [7, 11) is 0. The van der Waals surface area contributed by atoms with Crippen LogP contribution in [0.3, 0.4) is 0 Å². The average molecular weight is 201 g/mol. The quantitative estimate of drug-likeness (QED) is 0.590. The molecule has 0 fully saturated rings. The van der Waals surface area contributed by atoms with Gasteiger partial charge in [-0.1, -0.05) is 40.0 Å². The maximum absolute atomic E-state index is 10.5. The molecule has 0 aromatic heterocycles. The largest absolute Gasteiger partial charge is 0.550 e. The molecule has 0 aliphatic carbocycles. The van der Waals surface area contributed by atoms with E-state index in [1.165, 1.54) is 0 Å². The molecule has 0 rings (SSSR count). The zero-order chi connectivity index (χ0) is 11.0. The van der Waals surface area contributed by atoms with E-state index in [1.807, 2.05) is 20.8 Å². The second-order valence-electron chi connectivity index (χ2n) is 3.79. The first kappa shape index (κ1) is 13.3. The van der Waals surface area contributed by atoms with E-state index in [2.05, 4.69) is 0 Å². The summed E-state index contributed by atoms with van der Waals surface area (Å²) in [6.45, 7) is 6.12. The van der Waals surface area contributed by atoms with Crippen LogP contribution in [0.25, 0.3) is 0 Å². The molecular formula is C11H21O3. The molecule has 0 amide bonds. The van der Waals surface area contributed by atoms with Crippen LogP contribution in [0.15, 0.2) is 0 Å². The first-order valence-corrected chi connectivity index (χ1v) is 5.50. The molecule has 0 aliphatic rings. The third-order valence-corrected chi connectivity index (χ3v) is 2.42. The number of hydrogen-bond acceptors (Lipinski definition) is 2. The molecule has 1 radical (unpaired) electrons. The second-order valence-corrected chi connectivity index (χ2v) is 3.79. The molecule has 0 aliphatic heterocycles. The van der Waals surface area contributed by atoms with E-state index in [-0.39, 0.29) is 0 Å². The summed E-state index contributed by atoms with van der Waals surface area (Å²) in [5.74, 6) is 0. The van der Waals surface area contributed by atoms with Crippen molar-refractivity contribution in [3.8, 4) is 0 Å². The van der Waals surface area contributed by atoms with Gasteiger partial charge in [-0.2, -0.15) is 9.90 Å². The zero-order valence-corrected chi connectivity index (χ0v) is 9.47. The van der Waals surface area contributed by atoms with Crippen LogP contribution in [0.4, 0.5) is 4.79 Å². The van der Waals surface area contributed by atoms with E-state index >= 15 is 0 Å². The van der Waals surface area contributed by atoms with Gasteiger partial charge < -0.3 is 4.74 Å². The summed E-state index contributed by atoms with van der Waals surface area (Å²) in [6.07, 6.45) is 3.81. The lowest BCUT2D eigenvalue weighted by Crippen LogP contribution is -2.34. The number of carbonyl (C=O) groups excluding carboxylic acids is 1. The van der Waals surface area contributed by atoms with Gasteiger partial charge in [0.05, 0.1) is 0 Å². The lowest BCUT2D eigenvalue weighted by molar-refractivity contribution is -0.0476. The molecule has 3 heteroatoms. The van der Waals surface area contributed by atoms with Crippen LogP contribution in [-0.2, 0) is 9.84 Å². The summed E-state index contributed by atoms with van der Waals surface area (Å²) in [5.41, 5.74) is -0.489. The zero-order valence-electron chi connectivity index (χ0n) is 9.47. The Morgan fingerprint density at radius 1 is 1.00 bits per heavy atom. The number of rotatable bonds is 7. The molecule has 0 N–H and O–H groups in total. The predicted molar refractivity (Wildman–Crippen MR) is 54.6 cm³/mol. The summed E-state index contributed by atoms with van der Waals surface area (Å²) >= 11 is 0. The van der Waals surface area contributed by atoms with E-state index in [4.69, 9.17) is 4.74 Å². The van der Waals surface area contributed by atoms with Crippen molar-refractivity contribution in [3.05, 3.63) is 0 Å². The Morgan fingerprint density at radius 2 is 1.36 bits per heavy atom. The first-order chi connectivity index (χ1) is 6.60. The standard InChI is InChI=1S/C11H21O3/c1-4-7-11(8-5-2,9-6-3)14-10(12)13/h4-9H2,1-3H3. The first-order valence-electron chi connectivity index (χ1n) is 5.50. The van der Waals surface area contributed by atoms with Crippen LogP contribution >= 0.6 is 0 Å². The van der Waals surface area contributed by atoms with Gasteiger partial charge in [-0.25, -0.2) is 0 Å². The summed E-state index contributed by atoms with van der Waals surface area (Å²) in [5, 5.41) is 10.5. The molecule has 0 bridgehead atoms. The third kappa shape index (κ3) is 4.49. The fraction of sp³-hybridized carbons (Fsp3) is 0.909. The van der Waals surface area contributed by atoms with Gasteiger partial charge in [-0.05, 0) is 19.3 Å². The third-order valence-electron chi connectivity index (χ3n) is 2.42. The highest BCUT2D eigenvalue weighted by Crippen LogP contribution is 2.29. The topological polar surface area (TPSA) is 46.2 Å². The van der Waals surface area contributed by atoms with E-state index in [1.54, 1.807) is 0 Å². The van der Waals surface area contributed by atoms with E-state index < -0.39 is 11.8 Å². The van der Waals surface area contributed by atoms with Gasteiger partial charge in [0.1, 0.15) is 5.60 Å². The molecule has 14 heavy (non-hydrogen) atoms. The molecule has 83 valence electrons. The summed E-state index contributed by atoms with van der Waals surface area (Å²) in [6, 6.07) is 0. The van der Waals surface area contributed by atoms with Crippen molar-refractivity contribution in [1.82, 2.24) is 0 Å². The molecule has 0 saturated heterocycles. The summed E-state index contributed by atoms with van der Waals surface area (Å²) in [4.78, 5) is 10.5. The van der Waals surface area contributed by atoms with Gasteiger partial charge in [0.2, 0.25) is 0 Å². The van der Waals surface area contributed by atoms with Crippen molar-refractivity contribution in [2.75, 3.05) is 0 Å². The Labute approximate surface area is 86.5 Å². The fourth-order valence-corrected chi connectivity index (χ4v) is 2.07. The molecule has 0 unspecified atom stereocenters. The highest BCUT2D eigenvalue weighted by molar-refractivity contribution is 5.57. The van der Waals surface area contributed by atoms with Crippen LogP contribution in [0.5, 0.6) is 0 Å². The molecule has 0 spiro atoms. The van der Waals surface area contributed by atoms with Crippen molar-refractivity contribution < 1.29 is 14.6 Å². The normalized spacial score (nSPS) is 11.4. The SMILES string of the molecule is CCCC(CCC)(CCC)OC([O])=O. The lowest BCUT2D eigenvalue weighted by Gasteiger charge is -2.31. The monoisotopic (exact) mass is 201 g/mol. The highest BCUT2D eigenvalue weighted by atomic mass is 16.7. The van der Waals surface area contributed by atoms with Crippen molar-refractivity contribution in [3.63, 3.8) is 0 Å². The van der Waals surface area contributed by atoms with Crippen LogP contribution in [0, 0.1) is 0 Å². The molecular weight excluding hydrogens is 180 g/mol. The van der Waals surface area contributed by atoms with Gasteiger partial charge >= 0.3 is 6.16 Å². The maximum atomic E-state index is 10.5. The van der Waals surface area contributed by atoms with Gasteiger partial charge in [-0.15, -0.1) is 0 Å². The van der Waals surface area contributed by atoms with Gasteiger partial charge in [0, 0.05) is 0 Å². The van der Waals surface area contributed by atoms with Gasteiger partial charge in [0.25, 0.3) is 0 Å². The molecule has 0 aromatic rings. The smallest absolute Gasteiger partial charge is 0.425 e. The van der Waals surface area contributed by atoms with E-state index in [9.17, 15) is 9.90 Å². The number of ether oxygens (including phenoxy) is 1. The molecule has 0 aromatic carbocycles. The minimum atomic E-state index is -1.39. The van der Waals surface area contributed by atoms with E-state index in [0.29, 0.717) is 0 Å². The maximum Gasteiger partial charge on any atom is 0.550 e. The molecule has 3 nitrogen and oxygen atoms in total. The minimum absolute atomic E-state index is 0.489. The fourth-order valence-electron chi connectivity index (χ4n) is 2.07. The van der Waals surface area contributed by atoms with Crippen molar-refractivity contribution in [2.24, 2.45) is 0 Å². The molecule has 0 atom stereocenters. The number of hydrogen-bond donors (Lipinski definition) is 0.